The molecule has 4 aromatic rings. The number of benzene rings is 1. The van der Waals surface area contributed by atoms with Crippen molar-refractivity contribution in [3.63, 3.8) is 0 Å². The van der Waals surface area contributed by atoms with Crippen LogP contribution in [0.3, 0.4) is 0 Å². The van der Waals surface area contributed by atoms with Gasteiger partial charge >= 0.3 is 0 Å². The van der Waals surface area contributed by atoms with E-state index >= 15 is 4.39 Å². The highest BCUT2D eigenvalue weighted by Crippen LogP contribution is 2.51. The van der Waals surface area contributed by atoms with E-state index in [2.05, 4.69) is 21.0 Å². The molecule has 1 aliphatic carbocycles. The molecule has 3 aromatic heterocycles. The van der Waals surface area contributed by atoms with Gasteiger partial charge < -0.3 is 10.6 Å². The van der Waals surface area contributed by atoms with E-state index in [0.29, 0.717) is 17.0 Å². The Hall–Kier alpha value is -3.83. The number of anilines is 1. The Labute approximate surface area is 203 Å². The summed E-state index contributed by atoms with van der Waals surface area (Å²) in [5.74, 6) is 0.293. The van der Waals surface area contributed by atoms with Crippen LogP contribution in [0.5, 0.6) is 0 Å². The fraction of sp³-hybridized carbons (Fsp3) is 0.333. The van der Waals surface area contributed by atoms with Gasteiger partial charge in [-0.3, -0.25) is 4.98 Å². The molecule has 0 saturated carbocycles. The molecule has 2 N–H and O–H groups in total. The Morgan fingerprint density at radius 1 is 1.20 bits per heavy atom. The predicted octanol–water partition coefficient (Wildman–Crippen LogP) is 4.26. The van der Waals surface area contributed by atoms with Crippen LogP contribution >= 0.6 is 0 Å². The van der Waals surface area contributed by atoms with Crippen LogP contribution in [0.2, 0.25) is 0 Å². The van der Waals surface area contributed by atoms with Gasteiger partial charge in [0.25, 0.3) is 0 Å². The van der Waals surface area contributed by atoms with Crippen molar-refractivity contribution in [1.82, 2.24) is 19.6 Å². The lowest BCUT2D eigenvalue weighted by Gasteiger charge is -2.42. The molecule has 1 fully saturated rings. The predicted molar refractivity (Wildman–Crippen MR) is 131 cm³/mol. The molecule has 1 aromatic carbocycles. The zero-order chi connectivity index (χ0) is 24.3. The van der Waals surface area contributed by atoms with Gasteiger partial charge in [-0.25, -0.2) is 13.9 Å². The summed E-state index contributed by atoms with van der Waals surface area (Å²) in [6, 6.07) is 10.8. The van der Waals surface area contributed by atoms with Crippen molar-refractivity contribution >= 4 is 11.3 Å². The first-order valence-corrected chi connectivity index (χ1v) is 11.9. The summed E-state index contributed by atoms with van der Waals surface area (Å²) in [6.45, 7) is 5.54. The molecule has 4 heterocycles. The third kappa shape index (κ3) is 3.22. The van der Waals surface area contributed by atoms with Crippen LogP contribution in [0.4, 0.5) is 10.2 Å². The van der Waals surface area contributed by atoms with Gasteiger partial charge in [-0.15, -0.1) is 0 Å². The van der Waals surface area contributed by atoms with E-state index in [1.165, 1.54) is 17.2 Å². The van der Waals surface area contributed by atoms with Crippen molar-refractivity contribution in [2.75, 3.05) is 18.0 Å². The van der Waals surface area contributed by atoms with Crippen LogP contribution in [-0.4, -0.2) is 32.7 Å². The number of nitriles is 1. The van der Waals surface area contributed by atoms with Crippen molar-refractivity contribution in [1.29, 1.82) is 5.26 Å². The molecule has 6 rings (SSSR count). The Kier molecular flexibility index (Phi) is 4.87. The van der Waals surface area contributed by atoms with Gasteiger partial charge in [0.1, 0.15) is 17.4 Å². The number of aromatic nitrogens is 4. The quantitative estimate of drug-likeness (QED) is 0.473. The van der Waals surface area contributed by atoms with Gasteiger partial charge in [-0.1, -0.05) is 6.07 Å². The highest BCUT2D eigenvalue weighted by molar-refractivity contribution is 5.76. The van der Waals surface area contributed by atoms with E-state index in [4.69, 9.17) is 10.7 Å². The second-order valence-corrected chi connectivity index (χ2v) is 9.80. The van der Waals surface area contributed by atoms with Gasteiger partial charge in [0.2, 0.25) is 0 Å². The Balaban J connectivity index is 1.34. The van der Waals surface area contributed by atoms with E-state index in [-0.39, 0.29) is 17.0 Å². The summed E-state index contributed by atoms with van der Waals surface area (Å²) in [5.41, 5.74) is 12.7. The molecule has 0 radical (unpaired) electrons. The first-order chi connectivity index (χ1) is 16.9. The maximum absolute atomic E-state index is 15.1. The monoisotopic (exact) mass is 467 g/mol. The van der Waals surface area contributed by atoms with Crippen molar-refractivity contribution in [2.45, 2.75) is 39.2 Å². The molecule has 0 bridgehead atoms. The minimum Gasteiger partial charge on any atom is -0.355 e. The zero-order valence-electron chi connectivity index (χ0n) is 19.8. The molecular weight excluding hydrogens is 441 g/mol. The average molecular weight is 468 g/mol. The number of hydrogen-bond acceptors (Lipinski definition) is 6. The molecule has 0 unspecified atom stereocenters. The van der Waals surface area contributed by atoms with Crippen LogP contribution in [-0.2, 0) is 6.42 Å². The maximum atomic E-state index is 15.1. The van der Waals surface area contributed by atoms with Gasteiger partial charge in [-0.05, 0) is 73.9 Å². The molecule has 1 spiro atoms. The summed E-state index contributed by atoms with van der Waals surface area (Å²) in [4.78, 5) is 11.7. The number of aryl methyl sites for hydroxylation is 2. The summed E-state index contributed by atoms with van der Waals surface area (Å²) < 4.78 is 16.8. The third-order valence-corrected chi connectivity index (χ3v) is 7.83. The van der Waals surface area contributed by atoms with E-state index in [9.17, 15) is 5.26 Å². The lowest BCUT2D eigenvalue weighted by Crippen LogP contribution is -2.44. The fourth-order valence-corrected chi connectivity index (χ4v) is 5.93. The van der Waals surface area contributed by atoms with Gasteiger partial charge in [-0.2, -0.15) is 10.4 Å². The van der Waals surface area contributed by atoms with E-state index < -0.39 is 5.82 Å². The number of halogens is 1. The normalized spacial score (nSPS) is 18.7. The van der Waals surface area contributed by atoms with Crippen molar-refractivity contribution in [2.24, 2.45) is 11.1 Å². The zero-order valence-corrected chi connectivity index (χ0v) is 19.8. The molecule has 1 atom stereocenters. The van der Waals surface area contributed by atoms with E-state index in [1.54, 1.807) is 22.8 Å². The number of pyridine rings is 1. The highest BCUT2D eigenvalue weighted by atomic mass is 19.1. The second kappa shape index (κ2) is 7.85. The van der Waals surface area contributed by atoms with Crippen molar-refractivity contribution < 1.29 is 4.39 Å². The average Bonchev–Trinajstić information content (AvgIpc) is 3.44. The van der Waals surface area contributed by atoms with Gasteiger partial charge in [0, 0.05) is 36.6 Å². The highest BCUT2D eigenvalue weighted by Gasteiger charge is 2.46. The molecule has 35 heavy (non-hydrogen) atoms. The van der Waals surface area contributed by atoms with Crippen LogP contribution in [0, 0.1) is 36.4 Å². The lowest BCUT2D eigenvalue weighted by molar-refractivity contribution is 0.187. The molecule has 7 nitrogen and oxygen atoms in total. The maximum Gasteiger partial charge on any atom is 0.155 e. The molecular formula is C27H26FN7. The van der Waals surface area contributed by atoms with Crippen molar-refractivity contribution in [3.05, 3.63) is 76.6 Å². The minimum absolute atomic E-state index is 0.00639. The van der Waals surface area contributed by atoms with E-state index in [0.717, 1.165) is 49.4 Å². The van der Waals surface area contributed by atoms with Crippen LogP contribution < -0.4 is 10.6 Å². The summed E-state index contributed by atoms with van der Waals surface area (Å²) in [6.07, 6.45) is 6.59. The molecule has 0 amide bonds. The number of nitrogens with two attached hydrogens (primary N) is 1. The smallest absolute Gasteiger partial charge is 0.155 e. The Morgan fingerprint density at radius 3 is 2.77 bits per heavy atom. The van der Waals surface area contributed by atoms with Gasteiger partial charge in [0.15, 0.2) is 5.82 Å². The number of hydrogen-bond donors (Lipinski definition) is 1. The number of nitrogens with zero attached hydrogens (tertiary/aromatic N) is 6. The Morgan fingerprint density at radius 2 is 2.00 bits per heavy atom. The summed E-state index contributed by atoms with van der Waals surface area (Å²) >= 11 is 0. The molecule has 176 valence electrons. The summed E-state index contributed by atoms with van der Waals surface area (Å²) in [5, 5.41) is 13.8. The topological polar surface area (TPSA) is 96.1 Å². The van der Waals surface area contributed by atoms with Crippen LogP contribution in [0.1, 0.15) is 47.0 Å². The number of piperidine rings is 1. The first kappa shape index (κ1) is 21.7. The summed E-state index contributed by atoms with van der Waals surface area (Å²) in [7, 11) is 0. The molecule has 1 aliphatic heterocycles. The third-order valence-electron chi connectivity index (χ3n) is 7.83. The fourth-order valence-electron chi connectivity index (χ4n) is 5.93. The number of fused-ring (bicyclic) bond motifs is 2. The second-order valence-electron chi connectivity index (χ2n) is 9.80. The lowest BCUT2D eigenvalue weighted by atomic mass is 9.73. The van der Waals surface area contributed by atoms with Crippen LogP contribution in [0.25, 0.3) is 16.8 Å². The SMILES string of the molecule is Cc1cc2c(cn1)CC1(CCN(c3nc(C)c(-c4cccc(C#N)c4F)n4nccc34)CC1)[C@@H]2N. The van der Waals surface area contributed by atoms with Crippen LogP contribution in [0.15, 0.2) is 42.7 Å². The standard InChI is InChI=1S/C27H26FN7/c1-16-12-21-19(15-31-16)13-27(25(21)30)7-10-34(11-8-27)26-22-6-9-32-35(22)24(17(2)33-26)20-5-3-4-18(14-29)23(20)28/h3-6,9,12,15,25H,7-8,10-11,13,30H2,1-2H3/t25-/m1/s1. The van der Waals surface area contributed by atoms with E-state index in [1.807, 2.05) is 32.2 Å². The first-order valence-electron chi connectivity index (χ1n) is 11.9. The van der Waals surface area contributed by atoms with Gasteiger partial charge in [0.05, 0.1) is 23.1 Å². The van der Waals surface area contributed by atoms with Crippen molar-refractivity contribution in [3.8, 4) is 17.3 Å². The molecule has 8 heteroatoms. The molecule has 2 aliphatic rings. The largest absolute Gasteiger partial charge is 0.355 e. The Bertz CT molecular complexity index is 1510. The number of rotatable bonds is 2. The molecule has 1 saturated heterocycles. The minimum atomic E-state index is -0.552.